The number of piperidine rings is 1. The van der Waals surface area contributed by atoms with Crippen LogP contribution in [-0.2, 0) is 6.54 Å². The fourth-order valence-corrected chi connectivity index (χ4v) is 4.80. The second-order valence-corrected chi connectivity index (χ2v) is 8.48. The summed E-state index contributed by atoms with van der Waals surface area (Å²) in [6, 6.07) is 12.7. The molecule has 6 heteroatoms. The van der Waals surface area contributed by atoms with Gasteiger partial charge < -0.3 is 15.5 Å². The molecule has 142 valence electrons. The van der Waals surface area contributed by atoms with Gasteiger partial charge in [-0.1, -0.05) is 18.2 Å². The van der Waals surface area contributed by atoms with Crippen molar-refractivity contribution < 1.29 is 9.59 Å². The van der Waals surface area contributed by atoms with E-state index >= 15 is 0 Å². The molecule has 4 rings (SSSR count). The lowest BCUT2D eigenvalue weighted by Crippen LogP contribution is -2.48. The maximum absolute atomic E-state index is 12.8. The molecule has 27 heavy (non-hydrogen) atoms. The summed E-state index contributed by atoms with van der Waals surface area (Å²) in [5.74, 6) is 0.0147. The number of rotatable bonds is 5. The first-order valence-electron chi connectivity index (χ1n) is 9.54. The van der Waals surface area contributed by atoms with E-state index in [1.807, 2.05) is 53.7 Å². The third kappa shape index (κ3) is 4.06. The fraction of sp³-hybridized carbons (Fsp3) is 0.429. The summed E-state index contributed by atoms with van der Waals surface area (Å²) in [4.78, 5) is 27.5. The van der Waals surface area contributed by atoms with Crippen molar-refractivity contribution in [3.63, 3.8) is 0 Å². The number of nitrogens with zero attached hydrogens (tertiary/aromatic N) is 1. The molecule has 0 saturated carbocycles. The molecule has 0 radical (unpaired) electrons. The molecule has 2 amide bonds. The maximum atomic E-state index is 12.8. The Morgan fingerprint density at radius 1 is 1.15 bits per heavy atom. The Kier molecular flexibility index (Phi) is 5.27. The largest absolute Gasteiger partial charge is 0.347 e. The molecule has 2 saturated heterocycles. The van der Waals surface area contributed by atoms with Crippen molar-refractivity contribution in [1.82, 2.24) is 15.5 Å². The molecule has 1 aromatic carbocycles. The van der Waals surface area contributed by atoms with Gasteiger partial charge in [0.05, 0.1) is 4.88 Å². The Morgan fingerprint density at radius 2 is 1.85 bits per heavy atom. The van der Waals surface area contributed by atoms with Crippen molar-refractivity contribution in [1.29, 1.82) is 0 Å². The third-order valence-electron chi connectivity index (χ3n) is 5.72. The van der Waals surface area contributed by atoms with Crippen LogP contribution >= 0.6 is 11.3 Å². The van der Waals surface area contributed by atoms with Gasteiger partial charge in [-0.25, -0.2) is 0 Å². The molecule has 5 nitrogen and oxygen atoms in total. The molecule has 0 aliphatic carbocycles. The number of hydrogen-bond donors (Lipinski definition) is 2. The SMILES string of the molecule is CN(C(=O)c1ccc(CNC(=O)c2cccs2)cc1)C1CC2CCC(C1)N2. The summed E-state index contributed by atoms with van der Waals surface area (Å²) >= 11 is 1.43. The van der Waals surface area contributed by atoms with E-state index in [-0.39, 0.29) is 11.8 Å². The Morgan fingerprint density at radius 3 is 2.48 bits per heavy atom. The number of hydrogen-bond acceptors (Lipinski definition) is 4. The fourth-order valence-electron chi connectivity index (χ4n) is 4.16. The van der Waals surface area contributed by atoms with E-state index in [0.717, 1.165) is 18.4 Å². The number of nitrogens with one attached hydrogen (secondary N) is 2. The van der Waals surface area contributed by atoms with Crippen LogP contribution in [0, 0.1) is 0 Å². The Hall–Kier alpha value is -2.18. The predicted molar refractivity (Wildman–Crippen MR) is 107 cm³/mol. The summed E-state index contributed by atoms with van der Waals surface area (Å²) in [6.45, 7) is 0.457. The Balaban J connectivity index is 1.34. The Bertz CT molecular complexity index is 791. The molecule has 2 aromatic rings. The van der Waals surface area contributed by atoms with Gasteiger partial charge in [-0.15, -0.1) is 11.3 Å². The molecule has 0 spiro atoms. The third-order valence-corrected chi connectivity index (χ3v) is 6.58. The lowest BCUT2D eigenvalue weighted by atomic mass is 9.98. The summed E-state index contributed by atoms with van der Waals surface area (Å²) in [5.41, 5.74) is 1.69. The molecule has 2 atom stereocenters. The molecule has 2 fully saturated rings. The van der Waals surface area contributed by atoms with Gasteiger partial charge in [0.15, 0.2) is 0 Å². The van der Waals surface area contributed by atoms with E-state index in [1.165, 1.54) is 24.2 Å². The second kappa shape index (κ2) is 7.82. The van der Waals surface area contributed by atoms with Gasteiger partial charge in [0.2, 0.25) is 0 Å². The standard InChI is InChI=1S/C21H25N3O2S/c1-24(18-11-16-8-9-17(12-18)23-16)21(26)15-6-4-14(5-7-15)13-22-20(25)19-3-2-10-27-19/h2-7,10,16-18,23H,8-9,11-13H2,1H3,(H,22,25). The Labute approximate surface area is 163 Å². The van der Waals surface area contributed by atoms with E-state index in [2.05, 4.69) is 10.6 Å². The number of carbonyl (C=O) groups excluding carboxylic acids is 2. The number of benzene rings is 1. The van der Waals surface area contributed by atoms with E-state index in [1.54, 1.807) is 0 Å². The lowest BCUT2D eigenvalue weighted by Gasteiger charge is -2.35. The maximum Gasteiger partial charge on any atom is 0.261 e. The summed E-state index contributed by atoms with van der Waals surface area (Å²) < 4.78 is 0. The molecule has 2 N–H and O–H groups in total. The van der Waals surface area contributed by atoms with Gasteiger partial charge in [-0.3, -0.25) is 9.59 Å². The van der Waals surface area contributed by atoms with Gasteiger partial charge in [0.1, 0.15) is 0 Å². The molecule has 1 aromatic heterocycles. The normalized spacial score (nSPS) is 23.8. The van der Waals surface area contributed by atoms with Crippen LogP contribution in [-0.4, -0.2) is 41.9 Å². The van der Waals surface area contributed by atoms with E-state index in [4.69, 9.17) is 0 Å². The van der Waals surface area contributed by atoms with Crippen molar-refractivity contribution in [3.05, 3.63) is 57.8 Å². The van der Waals surface area contributed by atoms with Crippen LogP contribution in [0.4, 0.5) is 0 Å². The average Bonchev–Trinajstić information content (AvgIpc) is 3.35. The van der Waals surface area contributed by atoms with Crippen LogP contribution in [0.15, 0.2) is 41.8 Å². The minimum absolute atomic E-state index is 0.0644. The van der Waals surface area contributed by atoms with E-state index in [9.17, 15) is 9.59 Å². The topological polar surface area (TPSA) is 61.4 Å². The molecule has 2 aliphatic heterocycles. The first-order chi connectivity index (χ1) is 13.1. The van der Waals surface area contributed by atoms with Crippen molar-refractivity contribution in [2.45, 2.75) is 50.4 Å². The van der Waals surface area contributed by atoms with Crippen LogP contribution in [0.5, 0.6) is 0 Å². The zero-order chi connectivity index (χ0) is 18.8. The summed E-state index contributed by atoms with van der Waals surface area (Å²) in [6.07, 6.45) is 4.56. The predicted octanol–water partition coefficient (Wildman–Crippen LogP) is 3.03. The number of amides is 2. The van der Waals surface area contributed by atoms with Crippen LogP contribution in [0.25, 0.3) is 0 Å². The molecular weight excluding hydrogens is 358 g/mol. The molecule has 2 aliphatic rings. The summed E-state index contributed by atoms with van der Waals surface area (Å²) in [5, 5.41) is 8.42. The second-order valence-electron chi connectivity index (χ2n) is 7.54. The quantitative estimate of drug-likeness (QED) is 0.834. The highest BCUT2D eigenvalue weighted by atomic mass is 32.1. The number of fused-ring (bicyclic) bond motifs is 2. The van der Waals surface area contributed by atoms with Gasteiger partial charge >= 0.3 is 0 Å². The van der Waals surface area contributed by atoms with Gasteiger partial charge in [-0.05, 0) is 54.8 Å². The van der Waals surface area contributed by atoms with Crippen molar-refractivity contribution in [3.8, 4) is 0 Å². The van der Waals surface area contributed by atoms with E-state index in [0.29, 0.717) is 35.1 Å². The van der Waals surface area contributed by atoms with Gasteiger partial charge in [0, 0.05) is 37.3 Å². The summed E-state index contributed by atoms with van der Waals surface area (Å²) in [7, 11) is 1.92. The first kappa shape index (κ1) is 18.2. The molecule has 2 unspecified atom stereocenters. The highest BCUT2D eigenvalue weighted by Gasteiger charge is 2.36. The lowest BCUT2D eigenvalue weighted by molar-refractivity contribution is 0.0681. The van der Waals surface area contributed by atoms with Crippen molar-refractivity contribution in [2.75, 3.05) is 7.05 Å². The van der Waals surface area contributed by atoms with Gasteiger partial charge in [-0.2, -0.15) is 0 Å². The molecule has 2 bridgehead atoms. The first-order valence-corrected chi connectivity index (χ1v) is 10.4. The van der Waals surface area contributed by atoms with Crippen molar-refractivity contribution in [2.24, 2.45) is 0 Å². The zero-order valence-corrected chi connectivity index (χ0v) is 16.3. The minimum Gasteiger partial charge on any atom is -0.347 e. The zero-order valence-electron chi connectivity index (χ0n) is 15.5. The highest BCUT2D eigenvalue weighted by molar-refractivity contribution is 7.12. The van der Waals surface area contributed by atoms with E-state index < -0.39 is 0 Å². The molecule has 3 heterocycles. The van der Waals surface area contributed by atoms with Gasteiger partial charge in [0.25, 0.3) is 11.8 Å². The smallest absolute Gasteiger partial charge is 0.261 e. The number of thiophene rings is 1. The highest BCUT2D eigenvalue weighted by Crippen LogP contribution is 2.29. The minimum atomic E-state index is -0.0644. The van der Waals surface area contributed by atoms with Crippen molar-refractivity contribution >= 4 is 23.2 Å². The number of carbonyl (C=O) groups is 2. The van der Waals surface area contributed by atoms with Crippen LogP contribution in [0.3, 0.4) is 0 Å². The average molecular weight is 384 g/mol. The van der Waals surface area contributed by atoms with Crippen LogP contribution in [0.2, 0.25) is 0 Å². The van der Waals surface area contributed by atoms with Crippen LogP contribution in [0.1, 0.15) is 51.3 Å². The molecular formula is C21H25N3O2S. The van der Waals surface area contributed by atoms with Crippen LogP contribution < -0.4 is 10.6 Å². The monoisotopic (exact) mass is 383 g/mol.